The van der Waals surface area contributed by atoms with E-state index in [1.54, 1.807) is 30.3 Å². The molecule has 34 heavy (non-hydrogen) atoms. The van der Waals surface area contributed by atoms with Gasteiger partial charge >= 0.3 is 11.9 Å². The van der Waals surface area contributed by atoms with Gasteiger partial charge in [-0.15, -0.1) is 11.8 Å². The summed E-state index contributed by atoms with van der Waals surface area (Å²) in [5.74, 6) is 0.267. The number of halogens is 1. The van der Waals surface area contributed by atoms with E-state index in [1.165, 1.54) is 38.1 Å². The number of carbonyl (C=O) groups excluding carboxylic acids is 3. The monoisotopic (exact) mass is 499 g/mol. The van der Waals surface area contributed by atoms with Crippen molar-refractivity contribution in [1.82, 2.24) is 0 Å². The molecular weight excluding hydrogens is 478 g/mol. The van der Waals surface area contributed by atoms with Crippen molar-refractivity contribution < 1.29 is 28.6 Å². The zero-order valence-electron chi connectivity index (χ0n) is 18.5. The first-order chi connectivity index (χ1) is 16.4. The average molecular weight is 500 g/mol. The lowest BCUT2D eigenvalue weighted by molar-refractivity contribution is -0.113. The fourth-order valence-electron chi connectivity index (χ4n) is 2.96. The zero-order chi connectivity index (χ0) is 24.5. The number of ether oxygens (including phenoxy) is 3. The molecule has 176 valence electrons. The van der Waals surface area contributed by atoms with Crippen LogP contribution in [0.4, 0.5) is 5.69 Å². The van der Waals surface area contributed by atoms with Gasteiger partial charge in [0.1, 0.15) is 11.5 Å². The lowest BCUT2D eigenvalue weighted by Gasteiger charge is -2.11. The fraction of sp³-hybridized carbons (Fsp3) is 0.160. The molecule has 0 heterocycles. The fourth-order valence-corrected chi connectivity index (χ4v) is 4.08. The first-order valence-electron chi connectivity index (χ1n) is 10.1. The van der Waals surface area contributed by atoms with Crippen LogP contribution >= 0.6 is 23.4 Å². The minimum Gasteiger partial charge on any atom is -0.465 e. The van der Waals surface area contributed by atoms with E-state index in [0.29, 0.717) is 28.0 Å². The number of nitrogens with one attached hydrogen (secondary N) is 1. The summed E-state index contributed by atoms with van der Waals surface area (Å²) in [6.07, 6.45) is 0. The summed E-state index contributed by atoms with van der Waals surface area (Å²) in [6, 6.07) is 18.7. The number of hydrogen-bond donors (Lipinski definition) is 1. The summed E-state index contributed by atoms with van der Waals surface area (Å²) in [5.41, 5.74) is 1.71. The van der Waals surface area contributed by atoms with Crippen LogP contribution in [-0.2, 0) is 20.0 Å². The molecule has 0 saturated heterocycles. The minimum absolute atomic E-state index is 0.0324. The van der Waals surface area contributed by atoms with Gasteiger partial charge in [0.05, 0.1) is 31.1 Å². The van der Waals surface area contributed by atoms with E-state index >= 15 is 0 Å². The molecule has 0 unspecified atom stereocenters. The second-order valence-electron chi connectivity index (χ2n) is 6.95. The van der Waals surface area contributed by atoms with Crippen LogP contribution < -0.4 is 10.1 Å². The van der Waals surface area contributed by atoms with Crippen LogP contribution in [0, 0.1) is 0 Å². The number of methoxy groups -OCH3 is 2. The van der Waals surface area contributed by atoms with Crippen molar-refractivity contribution in [1.29, 1.82) is 0 Å². The second kappa shape index (κ2) is 12.1. The van der Waals surface area contributed by atoms with Gasteiger partial charge in [-0.2, -0.15) is 0 Å². The minimum atomic E-state index is -0.684. The van der Waals surface area contributed by atoms with E-state index in [0.717, 1.165) is 5.56 Å². The summed E-state index contributed by atoms with van der Waals surface area (Å²) in [6.45, 7) is 0. The Kier molecular flexibility index (Phi) is 8.95. The predicted molar refractivity (Wildman–Crippen MR) is 132 cm³/mol. The van der Waals surface area contributed by atoms with Crippen LogP contribution in [0.25, 0.3) is 0 Å². The third-order valence-electron chi connectivity index (χ3n) is 4.62. The predicted octanol–water partition coefficient (Wildman–Crippen LogP) is 5.58. The number of anilines is 1. The van der Waals surface area contributed by atoms with Gasteiger partial charge in [0.15, 0.2) is 0 Å². The van der Waals surface area contributed by atoms with Gasteiger partial charge in [0.2, 0.25) is 5.91 Å². The number of esters is 2. The third-order valence-corrected chi connectivity index (χ3v) is 5.97. The summed E-state index contributed by atoms with van der Waals surface area (Å²) in [5, 5.41) is 3.52. The number of thioether (sulfide) groups is 1. The Labute approximate surface area is 206 Å². The Morgan fingerprint density at radius 3 is 2.18 bits per heavy atom. The quantitative estimate of drug-likeness (QED) is 0.384. The van der Waals surface area contributed by atoms with E-state index in [4.69, 9.17) is 25.8 Å². The molecule has 0 spiro atoms. The number of carbonyl (C=O) groups is 3. The second-order valence-corrected chi connectivity index (χ2v) is 8.34. The molecule has 7 nitrogen and oxygen atoms in total. The van der Waals surface area contributed by atoms with Crippen molar-refractivity contribution in [3.8, 4) is 11.5 Å². The van der Waals surface area contributed by atoms with Gasteiger partial charge in [-0.1, -0.05) is 29.8 Å². The Balaban J connectivity index is 1.58. The molecule has 1 N–H and O–H groups in total. The Morgan fingerprint density at radius 2 is 1.50 bits per heavy atom. The van der Waals surface area contributed by atoms with E-state index < -0.39 is 11.9 Å². The lowest BCUT2D eigenvalue weighted by atomic mass is 10.1. The van der Waals surface area contributed by atoms with Gasteiger partial charge in [-0.25, -0.2) is 9.59 Å². The number of amides is 1. The van der Waals surface area contributed by atoms with E-state index in [2.05, 4.69) is 5.32 Å². The van der Waals surface area contributed by atoms with Gasteiger partial charge < -0.3 is 19.5 Å². The van der Waals surface area contributed by atoms with Crippen LogP contribution in [0.2, 0.25) is 5.02 Å². The van der Waals surface area contributed by atoms with Crippen molar-refractivity contribution >= 4 is 46.9 Å². The maximum absolute atomic E-state index is 12.2. The Hall–Kier alpha value is -3.49. The summed E-state index contributed by atoms with van der Waals surface area (Å²) in [7, 11) is 2.45. The molecule has 0 aliphatic rings. The van der Waals surface area contributed by atoms with Crippen LogP contribution in [0.3, 0.4) is 0 Å². The highest BCUT2D eigenvalue weighted by Crippen LogP contribution is 2.26. The standard InChI is InChI=1S/C25H22ClNO6S/c1-31-24(29)20-12-11-19(13-21(20)25(30)32-2)33-18-9-7-17(8-10-18)27-23(28)15-34-14-16-5-3-4-6-22(16)26/h3-13H,14-15H2,1-2H3,(H,27,28). The highest BCUT2D eigenvalue weighted by atomic mass is 35.5. The molecular formula is C25H22ClNO6S. The molecule has 0 atom stereocenters. The maximum atomic E-state index is 12.2. The van der Waals surface area contributed by atoms with Crippen LogP contribution in [0.1, 0.15) is 26.3 Å². The molecule has 9 heteroatoms. The molecule has 3 aromatic rings. The van der Waals surface area contributed by atoms with Gasteiger partial charge in [-0.3, -0.25) is 4.79 Å². The van der Waals surface area contributed by atoms with Crippen molar-refractivity contribution in [2.45, 2.75) is 5.75 Å². The van der Waals surface area contributed by atoms with Gasteiger partial charge in [-0.05, 0) is 54.1 Å². The van der Waals surface area contributed by atoms with Crippen LogP contribution in [0.15, 0.2) is 66.7 Å². The normalized spacial score (nSPS) is 10.3. The van der Waals surface area contributed by atoms with E-state index in [1.807, 2.05) is 24.3 Å². The Bertz CT molecular complexity index is 1180. The molecule has 0 aliphatic heterocycles. The number of benzene rings is 3. The molecule has 0 saturated carbocycles. The van der Waals surface area contributed by atoms with Gasteiger partial charge in [0, 0.05) is 16.5 Å². The topological polar surface area (TPSA) is 90.9 Å². The molecule has 0 bridgehead atoms. The van der Waals surface area contributed by atoms with Crippen molar-refractivity contribution in [3.05, 3.63) is 88.4 Å². The first kappa shape index (κ1) is 25.1. The van der Waals surface area contributed by atoms with Crippen molar-refractivity contribution in [2.24, 2.45) is 0 Å². The Morgan fingerprint density at radius 1 is 0.853 bits per heavy atom. The zero-order valence-corrected chi connectivity index (χ0v) is 20.1. The van der Waals surface area contributed by atoms with Crippen LogP contribution in [-0.4, -0.2) is 37.8 Å². The maximum Gasteiger partial charge on any atom is 0.338 e. The molecule has 0 radical (unpaired) electrons. The van der Waals surface area contributed by atoms with Crippen molar-refractivity contribution in [2.75, 3.05) is 25.3 Å². The SMILES string of the molecule is COC(=O)c1ccc(Oc2ccc(NC(=O)CSCc3ccccc3Cl)cc2)cc1C(=O)OC. The summed E-state index contributed by atoms with van der Waals surface area (Å²) >= 11 is 7.60. The average Bonchev–Trinajstić information content (AvgIpc) is 2.85. The molecule has 1 amide bonds. The van der Waals surface area contributed by atoms with Crippen LogP contribution in [0.5, 0.6) is 11.5 Å². The smallest absolute Gasteiger partial charge is 0.338 e. The molecule has 3 aromatic carbocycles. The van der Waals surface area contributed by atoms with Crippen molar-refractivity contribution in [3.63, 3.8) is 0 Å². The highest BCUT2D eigenvalue weighted by molar-refractivity contribution is 7.99. The van der Waals surface area contributed by atoms with E-state index in [9.17, 15) is 14.4 Å². The third kappa shape index (κ3) is 6.76. The molecule has 0 aromatic heterocycles. The molecule has 0 aliphatic carbocycles. The first-order valence-corrected chi connectivity index (χ1v) is 11.6. The number of hydrogen-bond acceptors (Lipinski definition) is 7. The summed E-state index contributed by atoms with van der Waals surface area (Å²) in [4.78, 5) is 36.2. The summed E-state index contributed by atoms with van der Waals surface area (Å²) < 4.78 is 15.2. The molecule has 0 fully saturated rings. The van der Waals surface area contributed by atoms with Gasteiger partial charge in [0.25, 0.3) is 0 Å². The highest BCUT2D eigenvalue weighted by Gasteiger charge is 2.19. The lowest BCUT2D eigenvalue weighted by Crippen LogP contribution is -2.14. The molecule has 3 rings (SSSR count). The largest absolute Gasteiger partial charge is 0.465 e. The number of rotatable bonds is 9. The van der Waals surface area contributed by atoms with E-state index in [-0.39, 0.29) is 22.8 Å².